The quantitative estimate of drug-likeness (QED) is 0.796. The molecule has 16 heavy (non-hydrogen) atoms. The van der Waals surface area contributed by atoms with Gasteiger partial charge < -0.3 is 5.32 Å². The molecule has 0 bridgehead atoms. The molecule has 3 nitrogen and oxygen atoms in total. The summed E-state index contributed by atoms with van der Waals surface area (Å²) in [6.45, 7) is 1.72. The number of alkyl halides is 1. The molecule has 1 rings (SSSR count). The molecule has 1 aromatic carbocycles. The molecule has 1 atom stereocenters. The molecule has 1 aromatic rings. The van der Waals surface area contributed by atoms with E-state index in [1.165, 1.54) is 6.92 Å². The predicted molar refractivity (Wildman–Crippen MR) is 63.6 cm³/mol. The van der Waals surface area contributed by atoms with Gasteiger partial charge in [-0.25, -0.2) is 0 Å². The van der Waals surface area contributed by atoms with Gasteiger partial charge in [-0.2, -0.15) is 0 Å². The van der Waals surface area contributed by atoms with Crippen LogP contribution >= 0.6 is 11.6 Å². The topological polar surface area (TPSA) is 46.2 Å². The molecule has 0 spiro atoms. The molecule has 1 amide bonds. The van der Waals surface area contributed by atoms with Crippen LogP contribution in [0.25, 0.3) is 0 Å². The van der Waals surface area contributed by atoms with Crippen molar-refractivity contribution < 1.29 is 9.59 Å². The Morgan fingerprint density at radius 3 is 2.44 bits per heavy atom. The molecule has 0 fully saturated rings. The van der Waals surface area contributed by atoms with E-state index in [-0.39, 0.29) is 23.5 Å². The van der Waals surface area contributed by atoms with Crippen molar-refractivity contribution in [2.45, 2.75) is 12.8 Å². The molecular weight excluding hydrogens is 226 g/mol. The van der Waals surface area contributed by atoms with Crippen molar-refractivity contribution in [1.29, 1.82) is 0 Å². The summed E-state index contributed by atoms with van der Waals surface area (Å²) >= 11 is 5.55. The number of hydrogen-bond acceptors (Lipinski definition) is 2. The van der Waals surface area contributed by atoms with Crippen LogP contribution in [0, 0.1) is 0 Å². The van der Waals surface area contributed by atoms with Gasteiger partial charge in [-0.3, -0.25) is 9.59 Å². The normalized spacial score (nSPS) is 11.9. The van der Waals surface area contributed by atoms with E-state index in [1.54, 1.807) is 0 Å². The molecule has 0 aromatic heterocycles. The number of benzene rings is 1. The van der Waals surface area contributed by atoms with E-state index >= 15 is 0 Å². The Morgan fingerprint density at radius 2 is 1.94 bits per heavy atom. The molecule has 0 aliphatic rings. The van der Waals surface area contributed by atoms with Crippen molar-refractivity contribution in [2.24, 2.45) is 0 Å². The fraction of sp³-hybridized carbons (Fsp3) is 0.333. The number of rotatable bonds is 5. The summed E-state index contributed by atoms with van der Waals surface area (Å²) < 4.78 is 0. The number of amides is 1. The lowest BCUT2D eigenvalue weighted by molar-refractivity contribution is -0.120. The Morgan fingerprint density at radius 1 is 1.31 bits per heavy atom. The first-order valence-electron chi connectivity index (χ1n) is 5.03. The standard InChI is InChI=1S/C12H14ClNO2/c1-9(15)14-8-11(12(16)7-13)10-5-3-2-4-6-10/h2-6,11H,7-8H2,1H3,(H,14,15). The summed E-state index contributed by atoms with van der Waals surface area (Å²) in [5, 5.41) is 2.64. The minimum atomic E-state index is -0.359. The van der Waals surface area contributed by atoms with Crippen LogP contribution in [0.2, 0.25) is 0 Å². The van der Waals surface area contributed by atoms with Crippen molar-refractivity contribution in [3.8, 4) is 0 Å². The largest absolute Gasteiger partial charge is 0.355 e. The van der Waals surface area contributed by atoms with Crippen molar-refractivity contribution >= 4 is 23.3 Å². The van der Waals surface area contributed by atoms with Crippen molar-refractivity contribution in [3.63, 3.8) is 0 Å². The highest BCUT2D eigenvalue weighted by molar-refractivity contribution is 6.28. The van der Waals surface area contributed by atoms with Gasteiger partial charge >= 0.3 is 0 Å². The molecule has 86 valence electrons. The zero-order chi connectivity index (χ0) is 12.0. The zero-order valence-corrected chi connectivity index (χ0v) is 9.83. The minimum Gasteiger partial charge on any atom is -0.355 e. The summed E-state index contributed by atoms with van der Waals surface area (Å²) in [6.07, 6.45) is 0. The van der Waals surface area contributed by atoms with Crippen LogP contribution in [0.4, 0.5) is 0 Å². The summed E-state index contributed by atoms with van der Waals surface area (Å²) in [5.41, 5.74) is 0.877. The maximum atomic E-state index is 11.6. The molecule has 0 aliphatic carbocycles. The lowest BCUT2D eigenvalue weighted by atomic mass is 9.95. The molecule has 4 heteroatoms. The van der Waals surface area contributed by atoms with E-state index in [9.17, 15) is 9.59 Å². The van der Waals surface area contributed by atoms with E-state index < -0.39 is 0 Å². The van der Waals surface area contributed by atoms with Gasteiger partial charge in [-0.05, 0) is 5.56 Å². The second-order valence-corrected chi connectivity index (χ2v) is 3.77. The van der Waals surface area contributed by atoms with E-state index in [2.05, 4.69) is 5.32 Å². The molecule has 1 unspecified atom stereocenters. The third kappa shape index (κ3) is 3.66. The first kappa shape index (κ1) is 12.7. The van der Waals surface area contributed by atoms with Crippen LogP contribution in [0.5, 0.6) is 0 Å². The zero-order valence-electron chi connectivity index (χ0n) is 9.07. The summed E-state index contributed by atoms with van der Waals surface area (Å²) in [6, 6.07) is 9.31. The highest BCUT2D eigenvalue weighted by Crippen LogP contribution is 2.16. The van der Waals surface area contributed by atoms with Crippen LogP contribution in [0.1, 0.15) is 18.4 Å². The maximum Gasteiger partial charge on any atom is 0.216 e. The Kier molecular flexibility index (Phi) is 4.99. The van der Waals surface area contributed by atoms with Crippen LogP contribution < -0.4 is 5.32 Å². The highest BCUT2D eigenvalue weighted by atomic mass is 35.5. The average molecular weight is 240 g/mol. The fourth-order valence-corrected chi connectivity index (χ4v) is 1.63. The third-order valence-electron chi connectivity index (χ3n) is 2.28. The van der Waals surface area contributed by atoms with Gasteiger partial charge in [0.05, 0.1) is 11.8 Å². The van der Waals surface area contributed by atoms with Crippen molar-refractivity contribution in [3.05, 3.63) is 35.9 Å². The molecule has 0 aliphatic heterocycles. The minimum absolute atomic E-state index is 0.0425. The maximum absolute atomic E-state index is 11.6. The number of hydrogen-bond donors (Lipinski definition) is 1. The number of nitrogens with one attached hydrogen (secondary N) is 1. The monoisotopic (exact) mass is 239 g/mol. The van der Waals surface area contributed by atoms with Crippen LogP contribution in [0.3, 0.4) is 0 Å². The summed E-state index contributed by atoms with van der Waals surface area (Å²) in [5.74, 6) is -0.633. The second kappa shape index (κ2) is 6.28. The fourth-order valence-electron chi connectivity index (χ4n) is 1.44. The van der Waals surface area contributed by atoms with Crippen molar-refractivity contribution in [1.82, 2.24) is 5.32 Å². The van der Waals surface area contributed by atoms with Gasteiger partial charge in [-0.1, -0.05) is 30.3 Å². The lowest BCUT2D eigenvalue weighted by Crippen LogP contribution is -2.30. The van der Waals surface area contributed by atoms with Gasteiger partial charge in [-0.15, -0.1) is 11.6 Å². The van der Waals surface area contributed by atoms with E-state index in [0.717, 1.165) is 5.56 Å². The van der Waals surface area contributed by atoms with Crippen LogP contribution in [-0.2, 0) is 9.59 Å². The average Bonchev–Trinajstić information content (AvgIpc) is 2.30. The molecule has 0 saturated carbocycles. The number of carbonyl (C=O) groups is 2. The molecule has 0 heterocycles. The lowest BCUT2D eigenvalue weighted by Gasteiger charge is -2.15. The van der Waals surface area contributed by atoms with Crippen LogP contribution in [0.15, 0.2) is 30.3 Å². The summed E-state index contributed by atoms with van der Waals surface area (Å²) in [4.78, 5) is 22.5. The SMILES string of the molecule is CC(=O)NCC(C(=O)CCl)c1ccccc1. The highest BCUT2D eigenvalue weighted by Gasteiger charge is 2.19. The Labute approximate surface area is 99.8 Å². The summed E-state index contributed by atoms with van der Waals surface area (Å²) in [7, 11) is 0. The van der Waals surface area contributed by atoms with Gasteiger partial charge in [0.1, 0.15) is 0 Å². The first-order chi connectivity index (χ1) is 7.65. The Bertz CT molecular complexity index is 365. The molecular formula is C12H14ClNO2. The van der Waals surface area contributed by atoms with Gasteiger partial charge in [0.2, 0.25) is 5.91 Å². The van der Waals surface area contributed by atoms with Gasteiger partial charge in [0.25, 0.3) is 0 Å². The Hall–Kier alpha value is -1.35. The Balaban J connectivity index is 2.79. The number of carbonyl (C=O) groups excluding carboxylic acids is 2. The van der Waals surface area contributed by atoms with E-state index in [1.807, 2.05) is 30.3 Å². The van der Waals surface area contributed by atoms with E-state index in [0.29, 0.717) is 6.54 Å². The number of halogens is 1. The smallest absolute Gasteiger partial charge is 0.216 e. The van der Waals surface area contributed by atoms with Gasteiger partial charge in [0.15, 0.2) is 5.78 Å². The van der Waals surface area contributed by atoms with Crippen molar-refractivity contribution in [2.75, 3.05) is 12.4 Å². The van der Waals surface area contributed by atoms with Crippen LogP contribution in [-0.4, -0.2) is 24.1 Å². The van der Waals surface area contributed by atoms with E-state index in [4.69, 9.17) is 11.6 Å². The molecule has 0 radical (unpaired) electrons. The first-order valence-corrected chi connectivity index (χ1v) is 5.56. The number of ketones is 1. The third-order valence-corrected chi connectivity index (χ3v) is 2.54. The molecule has 1 N–H and O–H groups in total. The number of Topliss-reactive ketones (excluding diaryl/α,β-unsaturated/α-hetero) is 1. The second-order valence-electron chi connectivity index (χ2n) is 3.50. The van der Waals surface area contributed by atoms with Gasteiger partial charge in [0, 0.05) is 13.5 Å². The predicted octanol–water partition coefficient (Wildman–Crippen LogP) is 1.71. The molecule has 0 saturated heterocycles.